The van der Waals surface area contributed by atoms with Gasteiger partial charge in [-0.25, -0.2) is 4.79 Å². The highest BCUT2D eigenvalue weighted by molar-refractivity contribution is 5.87. The van der Waals surface area contributed by atoms with Crippen LogP contribution in [0.1, 0.15) is 18.9 Å². The molecule has 1 N–H and O–H groups in total. The molecule has 74 valence electrons. The molecule has 1 unspecified atom stereocenters. The molecule has 5 nitrogen and oxygen atoms in total. The van der Waals surface area contributed by atoms with Gasteiger partial charge in [-0.05, 0) is 6.42 Å². The van der Waals surface area contributed by atoms with Gasteiger partial charge in [0, 0.05) is 6.42 Å². The summed E-state index contributed by atoms with van der Waals surface area (Å²) in [7, 11) is 0. The molecule has 1 fully saturated rings. The van der Waals surface area contributed by atoms with Crippen molar-refractivity contribution in [2.75, 3.05) is 0 Å². The molecule has 0 spiro atoms. The van der Waals surface area contributed by atoms with Gasteiger partial charge in [-0.3, -0.25) is 19.1 Å². The van der Waals surface area contributed by atoms with Gasteiger partial charge in [0.25, 0.3) is 5.56 Å². The Morgan fingerprint density at radius 3 is 2.64 bits per heavy atom. The van der Waals surface area contributed by atoms with Crippen molar-refractivity contribution in [2.45, 2.75) is 18.9 Å². The highest BCUT2D eigenvalue weighted by Gasteiger charge is 2.30. The van der Waals surface area contributed by atoms with E-state index >= 15 is 0 Å². The second-order valence-electron chi connectivity index (χ2n) is 3.16. The molecule has 0 radical (unpaired) electrons. The molecule has 1 atom stereocenters. The van der Waals surface area contributed by atoms with Crippen molar-refractivity contribution in [3.05, 3.63) is 32.9 Å². The lowest BCUT2D eigenvalue weighted by Gasteiger charge is -2.25. The van der Waals surface area contributed by atoms with E-state index in [2.05, 4.69) is 0 Å². The van der Waals surface area contributed by atoms with E-state index in [-0.39, 0.29) is 5.78 Å². The molecule has 1 aromatic heterocycles. The average Bonchev–Trinajstić information content (AvgIpc) is 2.12. The average molecular weight is 198 g/mol. The lowest BCUT2D eigenvalue weighted by molar-refractivity contribution is -0.128. The fourth-order valence-electron chi connectivity index (χ4n) is 1.38. The third-order valence-electron chi connectivity index (χ3n) is 2.30. The van der Waals surface area contributed by atoms with Crippen LogP contribution in [0, 0.1) is 5.82 Å². The van der Waals surface area contributed by atoms with Gasteiger partial charge in [0.15, 0.2) is 5.78 Å². The van der Waals surface area contributed by atoms with E-state index in [1.54, 1.807) is 4.98 Å². The maximum atomic E-state index is 12.8. The minimum absolute atomic E-state index is 0.112. The summed E-state index contributed by atoms with van der Waals surface area (Å²) in [5.74, 6) is -1.16. The Morgan fingerprint density at radius 2 is 2.14 bits per heavy atom. The SMILES string of the molecule is O=C1CCC1n1cc(F)c(=O)[nH]c1=O. The summed E-state index contributed by atoms with van der Waals surface area (Å²) in [6.07, 6.45) is 1.70. The molecular formula is C8H7FN2O3. The number of carbonyl (C=O) groups is 1. The number of aromatic amines is 1. The van der Waals surface area contributed by atoms with E-state index in [1.807, 2.05) is 0 Å². The summed E-state index contributed by atoms with van der Waals surface area (Å²) in [5.41, 5.74) is -1.80. The molecule has 1 aromatic rings. The second kappa shape index (κ2) is 2.90. The maximum Gasteiger partial charge on any atom is 0.329 e. The maximum absolute atomic E-state index is 12.8. The van der Waals surface area contributed by atoms with E-state index in [0.29, 0.717) is 12.8 Å². The topological polar surface area (TPSA) is 71.9 Å². The highest BCUT2D eigenvalue weighted by atomic mass is 19.1. The Bertz CT molecular complexity index is 502. The van der Waals surface area contributed by atoms with Crippen LogP contribution in [0.3, 0.4) is 0 Å². The standard InChI is InChI=1S/C8H7FN2O3/c9-4-3-11(5-1-2-6(5)12)8(14)10-7(4)13/h3,5H,1-2H2,(H,10,13,14). The van der Waals surface area contributed by atoms with E-state index < -0.39 is 23.1 Å². The zero-order chi connectivity index (χ0) is 10.3. The van der Waals surface area contributed by atoms with Crippen LogP contribution >= 0.6 is 0 Å². The van der Waals surface area contributed by atoms with Crippen LogP contribution in [0.5, 0.6) is 0 Å². The predicted molar refractivity (Wildman–Crippen MR) is 44.6 cm³/mol. The van der Waals surface area contributed by atoms with Crippen LogP contribution in [0.4, 0.5) is 4.39 Å². The van der Waals surface area contributed by atoms with Crippen molar-refractivity contribution in [3.63, 3.8) is 0 Å². The third-order valence-corrected chi connectivity index (χ3v) is 2.30. The third kappa shape index (κ3) is 1.19. The van der Waals surface area contributed by atoms with Gasteiger partial charge < -0.3 is 0 Å². The quantitative estimate of drug-likeness (QED) is 0.666. The number of ketones is 1. The summed E-state index contributed by atoms with van der Waals surface area (Å²) in [4.78, 5) is 34.6. The van der Waals surface area contributed by atoms with Crippen LogP contribution in [0.15, 0.2) is 15.8 Å². The Labute approximate surface area is 77.2 Å². The van der Waals surface area contributed by atoms with Crippen molar-refractivity contribution >= 4 is 5.78 Å². The number of aromatic nitrogens is 2. The van der Waals surface area contributed by atoms with Crippen molar-refractivity contribution in [1.82, 2.24) is 9.55 Å². The molecular weight excluding hydrogens is 191 g/mol. The molecule has 1 aliphatic rings. The van der Waals surface area contributed by atoms with Crippen LogP contribution < -0.4 is 11.2 Å². The first-order valence-electron chi connectivity index (χ1n) is 4.13. The van der Waals surface area contributed by atoms with Crippen LogP contribution in [-0.2, 0) is 4.79 Å². The molecule has 0 amide bonds. The lowest BCUT2D eigenvalue weighted by Crippen LogP contribution is -2.40. The summed E-state index contributed by atoms with van der Waals surface area (Å²) >= 11 is 0. The number of rotatable bonds is 1. The molecule has 1 heterocycles. The summed E-state index contributed by atoms with van der Waals surface area (Å²) < 4.78 is 13.7. The molecule has 0 bridgehead atoms. The number of carbonyl (C=O) groups excluding carboxylic acids is 1. The molecule has 0 aromatic carbocycles. The van der Waals surface area contributed by atoms with Crippen molar-refractivity contribution in [3.8, 4) is 0 Å². The molecule has 0 aliphatic heterocycles. The van der Waals surface area contributed by atoms with Gasteiger partial charge in [-0.15, -0.1) is 0 Å². The van der Waals surface area contributed by atoms with Crippen molar-refractivity contribution in [2.24, 2.45) is 0 Å². The Balaban J connectivity index is 2.54. The zero-order valence-electron chi connectivity index (χ0n) is 7.12. The largest absolute Gasteiger partial charge is 0.329 e. The van der Waals surface area contributed by atoms with Crippen LogP contribution in [0.2, 0.25) is 0 Å². The van der Waals surface area contributed by atoms with E-state index in [0.717, 1.165) is 10.8 Å². The van der Waals surface area contributed by atoms with Crippen molar-refractivity contribution in [1.29, 1.82) is 0 Å². The number of Topliss-reactive ketones (excluding diaryl/α,β-unsaturated/α-hetero) is 1. The van der Waals surface area contributed by atoms with Gasteiger partial charge in [-0.2, -0.15) is 4.39 Å². The monoisotopic (exact) mass is 198 g/mol. The van der Waals surface area contributed by atoms with Gasteiger partial charge >= 0.3 is 5.69 Å². The Hall–Kier alpha value is -1.72. The van der Waals surface area contributed by atoms with Crippen molar-refractivity contribution < 1.29 is 9.18 Å². The number of H-pyrrole nitrogens is 1. The van der Waals surface area contributed by atoms with Gasteiger partial charge in [-0.1, -0.05) is 0 Å². The molecule has 1 saturated carbocycles. The number of nitrogens with one attached hydrogen (secondary N) is 1. The predicted octanol–water partition coefficient (Wildman–Crippen LogP) is -0.420. The Kier molecular flexibility index (Phi) is 1.83. The Morgan fingerprint density at radius 1 is 1.43 bits per heavy atom. The van der Waals surface area contributed by atoms with Crippen LogP contribution in [-0.4, -0.2) is 15.3 Å². The van der Waals surface area contributed by atoms with Gasteiger partial charge in [0.05, 0.1) is 12.2 Å². The molecule has 2 rings (SSSR count). The minimum atomic E-state index is -1.06. The van der Waals surface area contributed by atoms with E-state index in [4.69, 9.17) is 0 Å². The number of hydrogen-bond donors (Lipinski definition) is 1. The molecule has 1 aliphatic carbocycles. The lowest BCUT2D eigenvalue weighted by atomic mass is 9.91. The first-order chi connectivity index (χ1) is 6.59. The molecule has 14 heavy (non-hydrogen) atoms. The first kappa shape index (κ1) is 8.86. The normalized spacial score (nSPS) is 20.6. The zero-order valence-corrected chi connectivity index (χ0v) is 7.12. The van der Waals surface area contributed by atoms with E-state index in [9.17, 15) is 18.8 Å². The van der Waals surface area contributed by atoms with Gasteiger partial charge in [0.2, 0.25) is 5.82 Å². The fraction of sp³-hybridized carbons (Fsp3) is 0.375. The molecule has 0 saturated heterocycles. The van der Waals surface area contributed by atoms with Crippen LogP contribution in [0.25, 0.3) is 0 Å². The van der Waals surface area contributed by atoms with E-state index in [1.165, 1.54) is 0 Å². The second-order valence-corrected chi connectivity index (χ2v) is 3.16. The highest BCUT2D eigenvalue weighted by Crippen LogP contribution is 2.25. The smallest absolute Gasteiger partial charge is 0.297 e. The minimum Gasteiger partial charge on any atom is -0.297 e. The summed E-state index contributed by atoms with van der Waals surface area (Å²) in [6, 6.07) is -0.603. The number of nitrogens with zero attached hydrogens (tertiary/aromatic N) is 1. The summed E-state index contributed by atoms with van der Waals surface area (Å²) in [5, 5.41) is 0. The number of halogens is 1. The summed E-state index contributed by atoms with van der Waals surface area (Å²) in [6.45, 7) is 0. The molecule has 6 heteroatoms. The van der Waals surface area contributed by atoms with Gasteiger partial charge in [0.1, 0.15) is 0 Å². The number of hydrogen-bond acceptors (Lipinski definition) is 3. The fourth-order valence-corrected chi connectivity index (χ4v) is 1.38. The first-order valence-corrected chi connectivity index (χ1v) is 4.13.